The van der Waals surface area contributed by atoms with Crippen LogP contribution in [0.3, 0.4) is 0 Å². The first-order chi connectivity index (χ1) is 15.4. The van der Waals surface area contributed by atoms with E-state index in [1.807, 2.05) is 24.3 Å². The number of aromatic nitrogens is 2. The Morgan fingerprint density at radius 3 is 2.50 bits per heavy atom. The summed E-state index contributed by atoms with van der Waals surface area (Å²) in [6.07, 6.45) is 4.57. The summed E-state index contributed by atoms with van der Waals surface area (Å²) in [6.45, 7) is 2.09. The molecule has 0 saturated heterocycles. The summed E-state index contributed by atoms with van der Waals surface area (Å²) in [5, 5.41) is 11.6. The van der Waals surface area contributed by atoms with Gasteiger partial charge in [0.15, 0.2) is 0 Å². The number of halogens is 2. The molecule has 0 radical (unpaired) electrons. The van der Waals surface area contributed by atoms with E-state index in [0.717, 1.165) is 15.6 Å². The zero-order valence-electron chi connectivity index (χ0n) is 17.0. The molecule has 1 heterocycles. The van der Waals surface area contributed by atoms with Gasteiger partial charge < -0.3 is 0 Å². The lowest BCUT2D eigenvalue weighted by Gasteiger charge is -2.13. The summed E-state index contributed by atoms with van der Waals surface area (Å²) in [6, 6.07) is 17.6. The van der Waals surface area contributed by atoms with Crippen molar-refractivity contribution >= 4 is 62.9 Å². The highest BCUT2D eigenvalue weighted by molar-refractivity contribution is 14.1. The fraction of sp³-hybridized carbons (Fsp3) is 0.0833. The Bertz CT molecular complexity index is 1430. The molecule has 0 unspecified atom stereocenters. The molecule has 0 N–H and O–H groups in total. The van der Waals surface area contributed by atoms with Crippen molar-refractivity contribution in [2.75, 3.05) is 0 Å². The summed E-state index contributed by atoms with van der Waals surface area (Å²) in [4.78, 5) is 28.7. The lowest BCUT2D eigenvalue weighted by atomic mass is 10.1. The van der Waals surface area contributed by atoms with Crippen LogP contribution in [0, 0.1) is 13.7 Å². The van der Waals surface area contributed by atoms with Crippen molar-refractivity contribution in [1.29, 1.82) is 0 Å². The van der Waals surface area contributed by atoms with E-state index in [9.17, 15) is 14.9 Å². The molecular weight excluding hydrogens is 541 g/mol. The third kappa shape index (κ3) is 4.44. The second kappa shape index (κ2) is 9.22. The number of hydrogen-bond donors (Lipinski definition) is 0. The Labute approximate surface area is 202 Å². The van der Waals surface area contributed by atoms with Crippen molar-refractivity contribution in [2.24, 2.45) is 0 Å². The van der Waals surface area contributed by atoms with Gasteiger partial charge in [0.2, 0.25) is 0 Å². The number of rotatable bonds is 5. The summed E-state index contributed by atoms with van der Waals surface area (Å²) in [5.74, 6) is 0.374. The van der Waals surface area contributed by atoms with Crippen LogP contribution in [0.2, 0.25) is 5.02 Å². The molecule has 0 aliphatic rings. The lowest BCUT2D eigenvalue weighted by molar-refractivity contribution is -0.384. The van der Waals surface area contributed by atoms with Crippen molar-refractivity contribution < 1.29 is 4.92 Å². The molecule has 0 aliphatic heterocycles. The van der Waals surface area contributed by atoms with Crippen LogP contribution in [-0.4, -0.2) is 14.5 Å². The van der Waals surface area contributed by atoms with E-state index < -0.39 is 4.92 Å². The van der Waals surface area contributed by atoms with Crippen molar-refractivity contribution in [3.8, 4) is 5.69 Å². The maximum absolute atomic E-state index is 13.5. The van der Waals surface area contributed by atoms with Gasteiger partial charge in [-0.2, -0.15) is 0 Å². The highest BCUT2D eigenvalue weighted by Crippen LogP contribution is 2.27. The monoisotopic (exact) mass is 557 g/mol. The molecule has 0 bridgehead atoms. The maximum atomic E-state index is 13.5. The van der Waals surface area contributed by atoms with Crippen LogP contribution in [0.1, 0.15) is 23.9 Å². The Morgan fingerprint density at radius 1 is 1.09 bits per heavy atom. The van der Waals surface area contributed by atoms with Crippen LogP contribution in [0.25, 0.3) is 28.7 Å². The molecule has 4 aromatic rings. The summed E-state index contributed by atoms with van der Waals surface area (Å²) < 4.78 is 2.29. The first-order valence-electron chi connectivity index (χ1n) is 9.81. The SMILES string of the molecule is CCc1ccc(C=Cc2nc3ccc(I)cc3c(=O)n2-c2ccc([N+](=O)[O-])cc2Cl)cc1. The second-order valence-corrected chi connectivity index (χ2v) is 8.75. The highest BCUT2D eigenvalue weighted by atomic mass is 127. The minimum absolute atomic E-state index is 0.0926. The second-order valence-electron chi connectivity index (χ2n) is 7.09. The molecule has 0 aliphatic carbocycles. The Morgan fingerprint density at radius 2 is 1.84 bits per heavy atom. The number of hydrogen-bond acceptors (Lipinski definition) is 4. The van der Waals surface area contributed by atoms with Gasteiger partial charge in [-0.3, -0.25) is 19.5 Å². The van der Waals surface area contributed by atoms with Gasteiger partial charge in [0.25, 0.3) is 11.2 Å². The molecule has 0 saturated carbocycles. The van der Waals surface area contributed by atoms with Gasteiger partial charge in [-0.15, -0.1) is 0 Å². The van der Waals surface area contributed by atoms with E-state index in [2.05, 4.69) is 46.6 Å². The number of nitrogens with zero attached hydrogens (tertiary/aromatic N) is 3. The van der Waals surface area contributed by atoms with E-state index in [0.29, 0.717) is 22.4 Å². The summed E-state index contributed by atoms with van der Waals surface area (Å²) in [7, 11) is 0. The van der Waals surface area contributed by atoms with E-state index in [1.54, 1.807) is 18.2 Å². The molecule has 0 amide bonds. The maximum Gasteiger partial charge on any atom is 0.271 e. The molecule has 32 heavy (non-hydrogen) atoms. The van der Waals surface area contributed by atoms with Crippen LogP contribution >= 0.6 is 34.2 Å². The molecule has 1 aromatic heterocycles. The van der Waals surface area contributed by atoms with Crippen molar-refractivity contribution in [3.63, 3.8) is 0 Å². The number of nitro benzene ring substituents is 1. The highest BCUT2D eigenvalue weighted by Gasteiger charge is 2.16. The largest absolute Gasteiger partial charge is 0.271 e. The molecule has 8 heteroatoms. The topological polar surface area (TPSA) is 78.0 Å². The lowest BCUT2D eigenvalue weighted by Crippen LogP contribution is -2.22. The van der Waals surface area contributed by atoms with Crippen molar-refractivity contribution in [3.05, 3.63) is 107 Å². The summed E-state index contributed by atoms with van der Waals surface area (Å²) >= 11 is 8.50. The van der Waals surface area contributed by atoms with Crippen LogP contribution in [0.4, 0.5) is 5.69 Å². The number of aryl methyl sites for hydroxylation is 1. The van der Waals surface area contributed by atoms with Crippen molar-refractivity contribution in [2.45, 2.75) is 13.3 Å². The molecule has 0 fully saturated rings. The van der Waals surface area contributed by atoms with E-state index in [-0.39, 0.29) is 16.3 Å². The molecule has 0 spiro atoms. The van der Waals surface area contributed by atoms with Gasteiger partial charge in [-0.05, 0) is 70.5 Å². The Balaban J connectivity index is 1.93. The van der Waals surface area contributed by atoms with Gasteiger partial charge in [0, 0.05) is 15.7 Å². The first kappa shape index (κ1) is 22.2. The average molecular weight is 558 g/mol. The van der Waals surface area contributed by atoms with Crippen LogP contribution in [-0.2, 0) is 6.42 Å². The summed E-state index contributed by atoms with van der Waals surface area (Å²) in [5.41, 5.74) is 2.63. The predicted molar refractivity (Wildman–Crippen MR) is 136 cm³/mol. The number of benzene rings is 3. The van der Waals surface area contributed by atoms with Crippen molar-refractivity contribution in [1.82, 2.24) is 9.55 Å². The number of nitro groups is 1. The smallest absolute Gasteiger partial charge is 0.268 e. The van der Waals surface area contributed by atoms with Crippen LogP contribution in [0.5, 0.6) is 0 Å². The minimum Gasteiger partial charge on any atom is -0.268 e. The molecule has 4 rings (SSSR count). The van der Waals surface area contributed by atoms with E-state index in [4.69, 9.17) is 11.6 Å². The first-order valence-corrected chi connectivity index (χ1v) is 11.3. The van der Waals surface area contributed by atoms with Gasteiger partial charge in [0.05, 0.1) is 26.5 Å². The van der Waals surface area contributed by atoms with E-state index in [1.165, 1.54) is 28.3 Å². The Kier molecular flexibility index (Phi) is 6.38. The van der Waals surface area contributed by atoms with E-state index >= 15 is 0 Å². The fourth-order valence-corrected chi connectivity index (χ4v) is 4.10. The third-order valence-corrected chi connectivity index (χ3v) is 6.03. The minimum atomic E-state index is -0.528. The Hall–Kier alpha value is -3.04. The van der Waals surface area contributed by atoms with Gasteiger partial charge in [-0.1, -0.05) is 48.9 Å². The molecule has 3 aromatic carbocycles. The number of non-ortho nitro benzene ring substituents is 1. The zero-order chi connectivity index (χ0) is 22.8. The zero-order valence-corrected chi connectivity index (χ0v) is 19.9. The molecule has 6 nitrogen and oxygen atoms in total. The third-order valence-electron chi connectivity index (χ3n) is 5.05. The van der Waals surface area contributed by atoms with Gasteiger partial charge >= 0.3 is 0 Å². The predicted octanol–water partition coefficient (Wildman–Crippen LogP) is 6.28. The molecule has 0 atom stereocenters. The standard InChI is InChI=1S/C24H17ClIN3O3/c1-2-15-3-5-16(6-4-15)7-12-23-27-21-10-8-17(26)13-19(21)24(30)28(23)22-11-9-18(29(31)32)14-20(22)25/h3-14H,2H2,1H3. The van der Waals surface area contributed by atoms with Gasteiger partial charge in [-0.25, -0.2) is 4.98 Å². The van der Waals surface area contributed by atoms with Crippen LogP contribution in [0.15, 0.2) is 65.5 Å². The van der Waals surface area contributed by atoms with Gasteiger partial charge in [0.1, 0.15) is 5.82 Å². The average Bonchev–Trinajstić information content (AvgIpc) is 2.79. The van der Waals surface area contributed by atoms with Crippen LogP contribution < -0.4 is 5.56 Å². The quantitative estimate of drug-likeness (QED) is 0.164. The fourth-order valence-electron chi connectivity index (χ4n) is 3.35. The molecular formula is C24H17ClIN3O3. The number of fused-ring (bicyclic) bond motifs is 1. The normalized spacial score (nSPS) is 11.3. The molecule has 160 valence electrons.